The van der Waals surface area contributed by atoms with Crippen molar-refractivity contribution in [1.29, 1.82) is 0 Å². The van der Waals surface area contributed by atoms with Gasteiger partial charge in [-0.1, -0.05) is 18.2 Å². The van der Waals surface area contributed by atoms with Gasteiger partial charge in [0.2, 0.25) is 0 Å². The Morgan fingerprint density at radius 2 is 1.86 bits per heavy atom. The molecular weight excluding hydrogens is 350 g/mol. The van der Waals surface area contributed by atoms with Crippen molar-refractivity contribution in [2.24, 2.45) is 0 Å². The van der Waals surface area contributed by atoms with Crippen LogP contribution in [0.4, 0.5) is 0 Å². The van der Waals surface area contributed by atoms with Crippen LogP contribution in [0.25, 0.3) is 10.9 Å². The second kappa shape index (κ2) is 7.22. The van der Waals surface area contributed by atoms with Crippen molar-refractivity contribution in [2.75, 3.05) is 13.2 Å². The van der Waals surface area contributed by atoms with Crippen LogP contribution in [0.1, 0.15) is 25.7 Å². The summed E-state index contributed by atoms with van der Waals surface area (Å²) >= 11 is 0. The third-order valence-electron chi connectivity index (χ3n) is 6.40. The minimum Gasteiger partial charge on any atom is -0.492 e. The maximum absolute atomic E-state index is 11.4. The topological polar surface area (TPSA) is 50.5 Å². The van der Waals surface area contributed by atoms with Crippen molar-refractivity contribution in [2.45, 2.75) is 49.9 Å². The molecule has 2 aliphatic heterocycles. The lowest BCUT2D eigenvalue weighted by molar-refractivity contribution is -0.0640. The van der Waals surface area contributed by atoms with E-state index in [1.165, 1.54) is 18.2 Å². The Morgan fingerprint density at radius 3 is 2.64 bits per heavy atom. The fraction of sp³-hybridized carbons (Fsp3) is 0.435. The molecule has 0 amide bonds. The van der Waals surface area contributed by atoms with Gasteiger partial charge in [-0.3, -0.25) is 9.88 Å². The Balaban J connectivity index is 1.23. The van der Waals surface area contributed by atoms with E-state index in [1.54, 1.807) is 0 Å². The number of hydrogen-bond donors (Lipinski definition) is 1. The average molecular weight is 377 g/mol. The van der Waals surface area contributed by atoms with Crippen molar-refractivity contribution in [1.82, 2.24) is 14.5 Å². The van der Waals surface area contributed by atoms with Crippen LogP contribution < -0.4 is 4.74 Å². The minimum absolute atomic E-state index is 0.447. The quantitative estimate of drug-likeness (QED) is 0.715. The molecule has 5 rings (SSSR count). The number of fused-ring (bicyclic) bond motifs is 3. The predicted octanol–water partition coefficient (Wildman–Crippen LogP) is 3.47. The van der Waals surface area contributed by atoms with E-state index in [0.717, 1.165) is 30.7 Å². The van der Waals surface area contributed by atoms with Gasteiger partial charge in [-0.15, -0.1) is 0 Å². The molecular formula is C23H27N3O2. The summed E-state index contributed by atoms with van der Waals surface area (Å²) in [4.78, 5) is 6.81. The number of benzene rings is 1. The summed E-state index contributed by atoms with van der Waals surface area (Å²) in [6.07, 6.45) is 9.79. The lowest BCUT2D eigenvalue weighted by Crippen LogP contribution is -2.53. The molecule has 5 heteroatoms. The van der Waals surface area contributed by atoms with E-state index in [0.29, 0.717) is 25.2 Å². The molecule has 0 spiro atoms. The Morgan fingerprint density at radius 1 is 1.07 bits per heavy atom. The van der Waals surface area contributed by atoms with Gasteiger partial charge in [-0.2, -0.15) is 0 Å². The van der Waals surface area contributed by atoms with Gasteiger partial charge < -0.3 is 14.4 Å². The smallest absolute Gasteiger partial charge is 0.119 e. The van der Waals surface area contributed by atoms with Crippen LogP contribution in [0.5, 0.6) is 5.75 Å². The highest BCUT2D eigenvalue weighted by molar-refractivity contribution is 5.78. The van der Waals surface area contributed by atoms with E-state index >= 15 is 0 Å². The van der Waals surface area contributed by atoms with E-state index in [1.807, 2.05) is 48.8 Å². The summed E-state index contributed by atoms with van der Waals surface area (Å²) < 4.78 is 8.07. The molecule has 0 saturated carbocycles. The zero-order valence-corrected chi connectivity index (χ0v) is 16.1. The highest BCUT2D eigenvalue weighted by atomic mass is 16.5. The van der Waals surface area contributed by atoms with E-state index in [-0.39, 0.29) is 0 Å². The number of aliphatic hydroxyl groups is 1. The Labute approximate surface area is 165 Å². The Bertz CT molecular complexity index is 925. The van der Waals surface area contributed by atoms with E-state index < -0.39 is 5.60 Å². The standard InChI is InChI=1S/C23H27N3O2/c27-23(17-25-11-9-18-8-10-24-16-22(18)25)14-19-6-7-20(15-23)26(19)12-13-28-21-4-2-1-3-5-21/h1-5,8-11,16,19-20,27H,6-7,12-15,17H2. The van der Waals surface area contributed by atoms with Gasteiger partial charge in [0.15, 0.2) is 0 Å². The molecule has 4 heterocycles. The number of piperidine rings is 1. The summed E-state index contributed by atoms with van der Waals surface area (Å²) in [5.41, 5.74) is 0.451. The first kappa shape index (κ1) is 17.7. The molecule has 5 nitrogen and oxygen atoms in total. The highest BCUT2D eigenvalue weighted by Crippen LogP contribution is 2.41. The van der Waals surface area contributed by atoms with Crippen molar-refractivity contribution in [3.63, 3.8) is 0 Å². The van der Waals surface area contributed by atoms with E-state index in [2.05, 4.69) is 26.7 Å². The van der Waals surface area contributed by atoms with Crippen LogP contribution in [-0.2, 0) is 6.54 Å². The zero-order valence-electron chi connectivity index (χ0n) is 16.1. The largest absolute Gasteiger partial charge is 0.492 e. The van der Waals surface area contributed by atoms with Gasteiger partial charge in [-0.05, 0) is 49.9 Å². The monoisotopic (exact) mass is 377 g/mol. The number of nitrogens with zero attached hydrogens (tertiary/aromatic N) is 3. The maximum Gasteiger partial charge on any atom is 0.119 e. The van der Waals surface area contributed by atoms with Crippen LogP contribution in [-0.4, -0.2) is 50.4 Å². The molecule has 1 N–H and O–H groups in total. The molecule has 1 aromatic carbocycles. The predicted molar refractivity (Wildman–Crippen MR) is 109 cm³/mol. The number of pyridine rings is 1. The number of aromatic nitrogens is 2. The van der Waals surface area contributed by atoms with Crippen LogP contribution >= 0.6 is 0 Å². The summed E-state index contributed by atoms with van der Waals surface area (Å²) in [5, 5.41) is 12.6. The molecule has 28 heavy (non-hydrogen) atoms. The molecule has 2 fully saturated rings. The van der Waals surface area contributed by atoms with Gasteiger partial charge in [0.25, 0.3) is 0 Å². The summed E-state index contributed by atoms with van der Waals surface area (Å²) in [5.74, 6) is 0.927. The first-order valence-electron chi connectivity index (χ1n) is 10.3. The van der Waals surface area contributed by atoms with Gasteiger partial charge in [0.1, 0.15) is 12.4 Å². The molecule has 3 aromatic rings. The van der Waals surface area contributed by atoms with Crippen molar-refractivity contribution < 1.29 is 9.84 Å². The van der Waals surface area contributed by atoms with Crippen molar-refractivity contribution >= 4 is 10.9 Å². The van der Waals surface area contributed by atoms with Crippen LogP contribution in [0.15, 0.2) is 61.1 Å². The minimum atomic E-state index is -0.648. The number of hydrogen-bond acceptors (Lipinski definition) is 4. The fourth-order valence-corrected chi connectivity index (χ4v) is 5.18. The number of ether oxygens (including phenoxy) is 1. The number of para-hydroxylation sites is 1. The molecule has 146 valence electrons. The van der Waals surface area contributed by atoms with Crippen LogP contribution in [0, 0.1) is 0 Å². The molecule has 2 unspecified atom stereocenters. The first-order chi connectivity index (χ1) is 13.7. The molecule has 2 bridgehead atoms. The van der Waals surface area contributed by atoms with Crippen LogP contribution in [0.2, 0.25) is 0 Å². The lowest BCUT2D eigenvalue weighted by atomic mass is 9.86. The molecule has 2 aromatic heterocycles. The maximum atomic E-state index is 11.4. The van der Waals surface area contributed by atoms with Gasteiger partial charge in [0.05, 0.1) is 23.9 Å². The number of rotatable bonds is 6. The Kier molecular flexibility index (Phi) is 4.57. The van der Waals surface area contributed by atoms with Gasteiger partial charge in [-0.25, -0.2) is 0 Å². The lowest BCUT2D eigenvalue weighted by Gasteiger charge is -2.44. The molecule has 2 saturated heterocycles. The van der Waals surface area contributed by atoms with E-state index in [9.17, 15) is 5.11 Å². The average Bonchev–Trinajstić information content (AvgIpc) is 3.22. The zero-order chi connectivity index (χ0) is 19.0. The first-order valence-corrected chi connectivity index (χ1v) is 10.3. The van der Waals surface area contributed by atoms with Gasteiger partial charge in [0, 0.05) is 36.4 Å². The Hall–Kier alpha value is -2.37. The van der Waals surface area contributed by atoms with Gasteiger partial charge >= 0.3 is 0 Å². The third-order valence-corrected chi connectivity index (χ3v) is 6.40. The normalized spacial score (nSPS) is 27.3. The molecule has 0 radical (unpaired) electrons. The molecule has 2 aliphatic rings. The summed E-state index contributed by atoms with van der Waals surface area (Å²) in [7, 11) is 0. The summed E-state index contributed by atoms with van der Waals surface area (Å²) in [6, 6.07) is 15.0. The fourth-order valence-electron chi connectivity index (χ4n) is 5.18. The summed E-state index contributed by atoms with van der Waals surface area (Å²) in [6.45, 7) is 2.27. The van der Waals surface area contributed by atoms with Crippen molar-refractivity contribution in [3.8, 4) is 5.75 Å². The molecule has 2 atom stereocenters. The second-order valence-corrected chi connectivity index (χ2v) is 8.30. The SMILES string of the molecule is OC1(Cn2ccc3ccncc32)CC2CCC(C1)N2CCOc1ccccc1. The second-order valence-electron chi connectivity index (χ2n) is 8.30. The highest BCUT2D eigenvalue weighted by Gasteiger charge is 2.47. The van der Waals surface area contributed by atoms with E-state index in [4.69, 9.17) is 4.74 Å². The molecule has 0 aliphatic carbocycles. The van der Waals surface area contributed by atoms with Crippen LogP contribution in [0.3, 0.4) is 0 Å². The van der Waals surface area contributed by atoms with Crippen molar-refractivity contribution in [3.05, 3.63) is 61.1 Å². The third kappa shape index (κ3) is 3.40.